The van der Waals surface area contributed by atoms with E-state index in [1.807, 2.05) is 41.1 Å². The maximum absolute atomic E-state index is 12.5. The largest absolute Gasteiger partial charge is 0.486 e. The number of fused-ring (bicyclic) bond motifs is 1. The first kappa shape index (κ1) is 19.4. The summed E-state index contributed by atoms with van der Waals surface area (Å²) in [6.45, 7) is 2.51. The molecule has 0 bridgehead atoms. The lowest BCUT2D eigenvalue weighted by atomic mass is 10.1. The van der Waals surface area contributed by atoms with Crippen LogP contribution in [0.4, 0.5) is 5.13 Å². The zero-order valence-corrected chi connectivity index (χ0v) is 17.3. The number of rotatable bonds is 6. The molecule has 0 aliphatic carbocycles. The monoisotopic (exact) mass is 429 g/mol. The Morgan fingerprint density at radius 1 is 1.17 bits per heavy atom. The molecule has 2 aromatic heterocycles. The fraction of sp³-hybridized carbons (Fsp3) is 0.250. The fourth-order valence-corrected chi connectivity index (χ4v) is 4.49. The van der Waals surface area contributed by atoms with Crippen LogP contribution in [0, 0.1) is 0 Å². The molecule has 1 aromatic carbocycles. The molecule has 3 heterocycles. The first-order valence-electron chi connectivity index (χ1n) is 9.04. The van der Waals surface area contributed by atoms with Gasteiger partial charge in [0, 0.05) is 22.7 Å². The van der Waals surface area contributed by atoms with Crippen LogP contribution in [0.25, 0.3) is 11.3 Å². The van der Waals surface area contributed by atoms with Crippen LogP contribution in [0.1, 0.15) is 24.3 Å². The highest BCUT2D eigenvalue weighted by Gasteiger charge is 2.19. The van der Waals surface area contributed by atoms with Crippen molar-refractivity contribution in [3.8, 4) is 22.8 Å². The molecular weight excluding hydrogens is 410 g/mol. The van der Waals surface area contributed by atoms with Crippen LogP contribution < -0.4 is 20.1 Å². The molecule has 150 valence electrons. The van der Waals surface area contributed by atoms with Gasteiger partial charge in [0.1, 0.15) is 13.2 Å². The number of thiazole rings is 1. The molecule has 2 amide bonds. The molecule has 7 nitrogen and oxygen atoms in total. The van der Waals surface area contributed by atoms with Crippen molar-refractivity contribution in [2.24, 2.45) is 0 Å². The Hall–Kier alpha value is -2.91. The zero-order chi connectivity index (χ0) is 20.2. The average molecular weight is 430 g/mol. The number of aromatic nitrogens is 1. The summed E-state index contributed by atoms with van der Waals surface area (Å²) in [4.78, 5) is 29.4. The Bertz CT molecular complexity index is 1020. The van der Waals surface area contributed by atoms with E-state index in [1.165, 1.54) is 29.6 Å². The average Bonchev–Trinajstić information content (AvgIpc) is 3.39. The number of hydrogen-bond acceptors (Lipinski definition) is 7. The van der Waals surface area contributed by atoms with E-state index < -0.39 is 0 Å². The smallest absolute Gasteiger partial charge is 0.228 e. The van der Waals surface area contributed by atoms with Gasteiger partial charge in [-0.25, -0.2) is 4.98 Å². The number of anilines is 1. The highest BCUT2D eigenvalue weighted by Crippen LogP contribution is 2.35. The van der Waals surface area contributed by atoms with Gasteiger partial charge >= 0.3 is 0 Å². The molecule has 0 fully saturated rings. The van der Waals surface area contributed by atoms with Gasteiger partial charge in [-0.15, -0.1) is 22.7 Å². The summed E-state index contributed by atoms with van der Waals surface area (Å²) in [5.41, 5.74) is 1.64. The summed E-state index contributed by atoms with van der Waals surface area (Å²) >= 11 is 2.85. The lowest BCUT2D eigenvalue weighted by Gasteiger charge is -2.18. The number of carbonyl (C=O) groups excluding carboxylic acids is 2. The first-order valence-corrected chi connectivity index (χ1v) is 10.8. The second-order valence-electron chi connectivity index (χ2n) is 6.42. The second-order valence-corrected chi connectivity index (χ2v) is 8.25. The Balaban J connectivity index is 1.43. The van der Waals surface area contributed by atoms with E-state index in [0.717, 1.165) is 21.9 Å². The lowest BCUT2D eigenvalue weighted by molar-refractivity contribution is -0.120. The number of amides is 2. The van der Waals surface area contributed by atoms with Crippen molar-refractivity contribution in [3.05, 3.63) is 46.0 Å². The van der Waals surface area contributed by atoms with Crippen molar-refractivity contribution in [3.63, 3.8) is 0 Å². The zero-order valence-electron chi connectivity index (χ0n) is 15.6. The first-order chi connectivity index (χ1) is 14.1. The highest BCUT2D eigenvalue weighted by molar-refractivity contribution is 7.14. The van der Waals surface area contributed by atoms with E-state index in [0.29, 0.717) is 24.1 Å². The molecule has 0 saturated carbocycles. The number of benzene rings is 1. The summed E-state index contributed by atoms with van der Waals surface area (Å²) in [6, 6.07) is 9.11. The molecule has 0 saturated heterocycles. The topological polar surface area (TPSA) is 89.6 Å². The molecule has 4 rings (SSSR count). The molecule has 1 unspecified atom stereocenters. The van der Waals surface area contributed by atoms with Gasteiger partial charge in [0.05, 0.1) is 18.2 Å². The summed E-state index contributed by atoms with van der Waals surface area (Å²) in [6.07, 6.45) is 0.138. The van der Waals surface area contributed by atoms with Gasteiger partial charge in [0.25, 0.3) is 0 Å². The summed E-state index contributed by atoms with van der Waals surface area (Å²) < 4.78 is 11.2. The molecule has 1 atom stereocenters. The summed E-state index contributed by atoms with van der Waals surface area (Å²) in [7, 11) is 0. The maximum Gasteiger partial charge on any atom is 0.228 e. The number of nitrogens with one attached hydrogen (secondary N) is 2. The predicted octanol–water partition coefficient (Wildman–Crippen LogP) is 3.85. The Morgan fingerprint density at radius 2 is 2.00 bits per heavy atom. The normalized spacial score (nSPS) is 13.6. The van der Waals surface area contributed by atoms with Crippen LogP contribution in [0.15, 0.2) is 41.1 Å². The van der Waals surface area contributed by atoms with Crippen molar-refractivity contribution in [2.45, 2.75) is 19.4 Å². The van der Waals surface area contributed by atoms with Gasteiger partial charge in [0.2, 0.25) is 11.8 Å². The van der Waals surface area contributed by atoms with Gasteiger partial charge in [-0.2, -0.15) is 0 Å². The fourth-order valence-electron chi connectivity index (χ4n) is 2.98. The van der Waals surface area contributed by atoms with Crippen LogP contribution in [-0.4, -0.2) is 30.0 Å². The third kappa shape index (κ3) is 4.75. The molecule has 9 heteroatoms. The SMILES string of the molecule is CC(=O)NC(CC(=O)Nc1nc(-c2ccc3c(c2)OCCO3)cs1)c1cccs1. The number of nitrogens with zero attached hydrogens (tertiary/aromatic N) is 1. The maximum atomic E-state index is 12.5. The van der Waals surface area contributed by atoms with Crippen molar-refractivity contribution in [1.82, 2.24) is 10.3 Å². The third-order valence-electron chi connectivity index (χ3n) is 4.24. The molecule has 0 spiro atoms. The van der Waals surface area contributed by atoms with Gasteiger partial charge in [-0.3, -0.25) is 9.59 Å². The molecule has 0 radical (unpaired) electrons. The minimum Gasteiger partial charge on any atom is -0.486 e. The van der Waals surface area contributed by atoms with Crippen molar-refractivity contribution in [1.29, 1.82) is 0 Å². The number of thiophene rings is 1. The Morgan fingerprint density at radius 3 is 2.76 bits per heavy atom. The summed E-state index contributed by atoms with van der Waals surface area (Å²) in [5, 5.41) is 9.96. The van der Waals surface area contributed by atoms with Gasteiger partial charge in [-0.1, -0.05) is 6.07 Å². The van der Waals surface area contributed by atoms with Crippen molar-refractivity contribution < 1.29 is 19.1 Å². The van der Waals surface area contributed by atoms with Crippen molar-refractivity contribution in [2.75, 3.05) is 18.5 Å². The molecule has 29 heavy (non-hydrogen) atoms. The van der Waals surface area contributed by atoms with Gasteiger partial charge < -0.3 is 20.1 Å². The van der Waals surface area contributed by atoms with E-state index in [-0.39, 0.29) is 24.3 Å². The number of carbonyl (C=O) groups is 2. The van der Waals surface area contributed by atoms with Crippen LogP contribution in [-0.2, 0) is 9.59 Å². The quantitative estimate of drug-likeness (QED) is 0.621. The van der Waals surface area contributed by atoms with Crippen LogP contribution in [0.3, 0.4) is 0 Å². The molecule has 3 aromatic rings. The molecule has 1 aliphatic heterocycles. The molecular formula is C20H19N3O4S2. The van der Waals surface area contributed by atoms with Crippen LogP contribution in [0.2, 0.25) is 0 Å². The van der Waals surface area contributed by atoms with Gasteiger partial charge in [0.15, 0.2) is 16.6 Å². The number of hydrogen-bond donors (Lipinski definition) is 2. The highest BCUT2D eigenvalue weighted by atomic mass is 32.1. The molecule has 2 N–H and O–H groups in total. The number of ether oxygens (including phenoxy) is 2. The summed E-state index contributed by atoms with van der Waals surface area (Å²) in [5.74, 6) is 1.04. The lowest BCUT2D eigenvalue weighted by Crippen LogP contribution is -2.29. The van der Waals surface area contributed by atoms with E-state index >= 15 is 0 Å². The van der Waals surface area contributed by atoms with Crippen molar-refractivity contribution >= 4 is 39.6 Å². The van der Waals surface area contributed by atoms with E-state index in [1.54, 1.807) is 0 Å². The predicted molar refractivity (Wildman–Crippen MR) is 113 cm³/mol. The Kier molecular flexibility index (Phi) is 5.77. The van der Waals surface area contributed by atoms with E-state index in [2.05, 4.69) is 15.6 Å². The molecule has 1 aliphatic rings. The van der Waals surface area contributed by atoms with E-state index in [4.69, 9.17) is 9.47 Å². The van der Waals surface area contributed by atoms with E-state index in [9.17, 15) is 9.59 Å². The van der Waals surface area contributed by atoms with Crippen LogP contribution in [0.5, 0.6) is 11.5 Å². The second kappa shape index (κ2) is 8.62. The minimum atomic E-state index is -0.357. The van der Waals surface area contributed by atoms with Gasteiger partial charge in [-0.05, 0) is 29.6 Å². The Labute approximate surface area is 175 Å². The standard InChI is InChI=1S/C20H19N3O4S2/c1-12(24)21-14(18-3-2-8-28-18)10-19(25)23-20-22-15(11-29-20)13-4-5-16-17(9-13)27-7-6-26-16/h2-5,8-9,11,14H,6-7,10H2,1H3,(H,21,24)(H,22,23,25). The third-order valence-corrected chi connectivity index (χ3v) is 5.99. The van der Waals surface area contributed by atoms with Crippen LogP contribution >= 0.6 is 22.7 Å². The minimum absolute atomic E-state index is 0.138.